The molecule has 0 bridgehead atoms. The number of nitrogens with zero attached hydrogens (tertiary/aromatic N) is 5. The molecule has 6 nitrogen and oxygen atoms in total. The predicted molar refractivity (Wildman–Crippen MR) is 98.6 cm³/mol. The van der Waals surface area contributed by atoms with E-state index in [0.29, 0.717) is 5.92 Å². The molecule has 0 unspecified atom stereocenters. The average Bonchev–Trinajstić information content (AvgIpc) is 3.08. The van der Waals surface area contributed by atoms with Crippen LogP contribution in [0.4, 0.5) is 5.82 Å². The van der Waals surface area contributed by atoms with Crippen LogP contribution in [0.1, 0.15) is 43.8 Å². The maximum Gasteiger partial charge on any atom is 0.132 e. The predicted octanol–water partition coefficient (Wildman–Crippen LogP) is 2.52. The Hall–Kier alpha value is -1.95. The van der Waals surface area contributed by atoms with Gasteiger partial charge in [-0.15, -0.1) is 0 Å². The Morgan fingerprint density at radius 1 is 1.16 bits per heavy atom. The monoisotopic (exact) mass is 340 g/mol. The molecule has 2 aliphatic heterocycles. The molecule has 2 aromatic heterocycles. The fourth-order valence-corrected chi connectivity index (χ4v) is 4.50. The van der Waals surface area contributed by atoms with Gasteiger partial charge in [0.25, 0.3) is 0 Å². The number of hydrogen-bond donors (Lipinski definition) is 1. The summed E-state index contributed by atoms with van der Waals surface area (Å²) in [6.07, 6.45) is 6.83. The lowest BCUT2D eigenvalue weighted by Crippen LogP contribution is -2.57. The van der Waals surface area contributed by atoms with E-state index in [2.05, 4.69) is 44.7 Å². The molecular weight excluding hydrogens is 312 g/mol. The minimum atomic E-state index is 0.0798. The Morgan fingerprint density at radius 2 is 1.96 bits per heavy atom. The number of fused-ring (bicyclic) bond motifs is 2. The van der Waals surface area contributed by atoms with Crippen molar-refractivity contribution < 1.29 is 0 Å². The van der Waals surface area contributed by atoms with Crippen molar-refractivity contribution in [3.8, 4) is 0 Å². The lowest BCUT2D eigenvalue weighted by Gasteiger charge is -2.51. The van der Waals surface area contributed by atoms with Gasteiger partial charge in [0.05, 0.1) is 17.6 Å². The zero-order valence-corrected chi connectivity index (χ0v) is 15.5. The third kappa shape index (κ3) is 2.92. The third-order valence-electron chi connectivity index (χ3n) is 5.69. The summed E-state index contributed by atoms with van der Waals surface area (Å²) in [5.74, 6) is 1.72. The summed E-state index contributed by atoms with van der Waals surface area (Å²) in [6.45, 7) is 10.9. The van der Waals surface area contributed by atoms with Crippen molar-refractivity contribution in [1.82, 2.24) is 24.8 Å². The first-order valence-electron chi connectivity index (χ1n) is 9.40. The number of hydrogen-bond acceptors (Lipinski definition) is 5. The maximum atomic E-state index is 4.76. The van der Waals surface area contributed by atoms with Gasteiger partial charge in [-0.1, -0.05) is 13.8 Å². The first-order valence-corrected chi connectivity index (χ1v) is 9.40. The first kappa shape index (κ1) is 16.5. The molecule has 0 saturated carbocycles. The second-order valence-electron chi connectivity index (χ2n) is 7.86. The van der Waals surface area contributed by atoms with Crippen molar-refractivity contribution in [3.63, 3.8) is 0 Å². The number of rotatable bonds is 3. The number of aryl methyl sites for hydroxylation is 1. The lowest BCUT2D eigenvalue weighted by molar-refractivity contribution is 0.0341. The van der Waals surface area contributed by atoms with Crippen LogP contribution in [0.5, 0.6) is 0 Å². The van der Waals surface area contributed by atoms with Gasteiger partial charge in [0.1, 0.15) is 12.1 Å². The standard InChI is InChI=1S/C19H28N6/c1-14(2)11-25-7-4-16-18(23-13-21-16)19(25)5-8-24(9-6-19)17-10-15(3)20-12-22-17/h10,12-14H,4-9,11H2,1-3H3,(H,21,23). The van der Waals surface area contributed by atoms with Gasteiger partial charge in [-0.25, -0.2) is 15.0 Å². The molecule has 1 fully saturated rings. The van der Waals surface area contributed by atoms with Gasteiger partial charge in [0, 0.05) is 50.1 Å². The summed E-state index contributed by atoms with van der Waals surface area (Å²) in [5, 5.41) is 0. The smallest absolute Gasteiger partial charge is 0.132 e. The van der Waals surface area contributed by atoms with Crippen LogP contribution in [0.25, 0.3) is 0 Å². The zero-order chi connectivity index (χ0) is 17.4. The normalized spacial score (nSPS) is 20.2. The minimum absolute atomic E-state index is 0.0798. The highest BCUT2D eigenvalue weighted by Crippen LogP contribution is 2.43. The highest BCUT2D eigenvalue weighted by atomic mass is 15.3. The van der Waals surface area contributed by atoms with Crippen molar-refractivity contribution in [2.75, 3.05) is 31.1 Å². The van der Waals surface area contributed by atoms with Gasteiger partial charge in [-0.2, -0.15) is 0 Å². The average molecular weight is 340 g/mol. The van der Waals surface area contributed by atoms with E-state index in [1.807, 2.05) is 13.3 Å². The molecular formula is C19H28N6. The highest BCUT2D eigenvalue weighted by Gasteiger charge is 2.46. The molecule has 0 aromatic carbocycles. The molecule has 0 amide bonds. The highest BCUT2D eigenvalue weighted by molar-refractivity contribution is 5.40. The van der Waals surface area contributed by atoms with E-state index in [9.17, 15) is 0 Å². The summed E-state index contributed by atoms with van der Waals surface area (Å²) in [6, 6.07) is 2.09. The van der Waals surface area contributed by atoms with Crippen LogP contribution in [-0.2, 0) is 12.0 Å². The first-order chi connectivity index (χ1) is 12.1. The van der Waals surface area contributed by atoms with Crippen molar-refractivity contribution in [2.24, 2.45) is 5.92 Å². The van der Waals surface area contributed by atoms with E-state index >= 15 is 0 Å². The summed E-state index contributed by atoms with van der Waals surface area (Å²) in [5.41, 5.74) is 3.74. The SMILES string of the molecule is Cc1cc(N2CCC3(CC2)c2nc[nH]c2CCN3CC(C)C)ncn1. The molecule has 2 aromatic rings. The minimum Gasteiger partial charge on any atom is -0.356 e. The number of anilines is 1. The van der Waals surface area contributed by atoms with Crippen molar-refractivity contribution in [1.29, 1.82) is 0 Å². The molecule has 4 heterocycles. The lowest BCUT2D eigenvalue weighted by atomic mass is 9.78. The quantitative estimate of drug-likeness (QED) is 0.930. The Balaban J connectivity index is 1.60. The largest absolute Gasteiger partial charge is 0.356 e. The van der Waals surface area contributed by atoms with Crippen LogP contribution in [0, 0.1) is 12.8 Å². The molecule has 0 radical (unpaired) electrons. The van der Waals surface area contributed by atoms with Crippen LogP contribution in [0.3, 0.4) is 0 Å². The van der Waals surface area contributed by atoms with Gasteiger partial charge >= 0.3 is 0 Å². The second kappa shape index (κ2) is 6.41. The molecule has 25 heavy (non-hydrogen) atoms. The Kier molecular flexibility index (Phi) is 4.23. The number of aromatic amines is 1. The van der Waals surface area contributed by atoms with Crippen LogP contribution in [0.15, 0.2) is 18.7 Å². The fraction of sp³-hybridized carbons (Fsp3) is 0.632. The van der Waals surface area contributed by atoms with Crippen LogP contribution in [0.2, 0.25) is 0 Å². The molecule has 1 saturated heterocycles. The fourth-order valence-electron chi connectivity index (χ4n) is 4.50. The molecule has 1 spiro atoms. The summed E-state index contributed by atoms with van der Waals surface area (Å²) in [7, 11) is 0. The molecule has 0 aliphatic carbocycles. The number of H-pyrrole nitrogens is 1. The van der Waals surface area contributed by atoms with Crippen LogP contribution < -0.4 is 4.90 Å². The zero-order valence-electron chi connectivity index (χ0n) is 15.5. The molecule has 0 atom stereocenters. The Morgan fingerprint density at radius 3 is 2.68 bits per heavy atom. The summed E-state index contributed by atoms with van der Waals surface area (Å²) < 4.78 is 0. The van der Waals surface area contributed by atoms with Gasteiger partial charge in [-0.3, -0.25) is 4.90 Å². The van der Waals surface area contributed by atoms with Crippen LogP contribution >= 0.6 is 0 Å². The van der Waals surface area contributed by atoms with Gasteiger partial charge < -0.3 is 9.88 Å². The summed E-state index contributed by atoms with van der Waals surface area (Å²) in [4.78, 5) is 21.9. The third-order valence-corrected chi connectivity index (χ3v) is 5.69. The molecule has 4 rings (SSSR count). The molecule has 2 aliphatic rings. The van der Waals surface area contributed by atoms with Gasteiger partial charge in [0.2, 0.25) is 0 Å². The summed E-state index contributed by atoms with van der Waals surface area (Å²) >= 11 is 0. The van der Waals surface area contributed by atoms with Crippen molar-refractivity contribution in [3.05, 3.63) is 35.8 Å². The van der Waals surface area contributed by atoms with Crippen molar-refractivity contribution >= 4 is 5.82 Å². The van der Waals surface area contributed by atoms with E-state index in [1.54, 1.807) is 6.33 Å². The van der Waals surface area contributed by atoms with E-state index < -0.39 is 0 Å². The number of imidazole rings is 1. The number of aromatic nitrogens is 4. The Bertz CT molecular complexity index is 729. The number of piperidine rings is 1. The van der Waals surface area contributed by atoms with Crippen molar-refractivity contribution in [2.45, 2.75) is 45.6 Å². The Labute approximate surface area is 149 Å². The van der Waals surface area contributed by atoms with E-state index in [1.165, 1.54) is 11.4 Å². The van der Waals surface area contributed by atoms with Gasteiger partial charge in [0.15, 0.2) is 0 Å². The second-order valence-corrected chi connectivity index (χ2v) is 7.86. The number of nitrogens with one attached hydrogen (secondary N) is 1. The molecule has 6 heteroatoms. The molecule has 134 valence electrons. The van der Waals surface area contributed by atoms with Crippen LogP contribution in [-0.4, -0.2) is 51.0 Å². The van der Waals surface area contributed by atoms with E-state index in [0.717, 1.165) is 57.0 Å². The van der Waals surface area contributed by atoms with E-state index in [4.69, 9.17) is 4.98 Å². The molecule has 1 N–H and O–H groups in total. The topological polar surface area (TPSA) is 60.9 Å². The van der Waals surface area contributed by atoms with Gasteiger partial charge in [-0.05, 0) is 25.7 Å². The maximum absolute atomic E-state index is 4.76. The van der Waals surface area contributed by atoms with E-state index in [-0.39, 0.29) is 5.54 Å².